The summed E-state index contributed by atoms with van der Waals surface area (Å²) in [6.45, 7) is 12.6. The molecule has 1 heterocycles. The van der Waals surface area contributed by atoms with Crippen molar-refractivity contribution in [3.8, 4) is 0 Å². The molecular formula is C16H29N3O2S. The molecule has 3 atom stereocenters. The largest absolute Gasteiger partial charge is 0.393 e. The van der Waals surface area contributed by atoms with Gasteiger partial charge in [0, 0.05) is 17.3 Å². The number of nitrogens with one attached hydrogen (secondary N) is 2. The summed E-state index contributed by atoms with van der Waals surface area (Å²) in [6, 6.07) is -0.314. The van der Waals surface area contributed by atoms with Crippen LogP contribution in [0, 0.1) is 5.92 Å². The predicted octanol–water partition coefficient (Wildman–Crippen LogP) is 3.21. The number of thiazole rings is 1. The van der Waals surface area contributed by atoms with Crippen LogP contribution in [0.3, 0.4) is 0 Å². The molecule has 1 aromatic rings. The third-order valence-electron chi connectivity index (χ3n) is 3.36. The lowest BCUT2D eigenvalue weighted by atomic mass is 9.93. The van der Waals surface area contributed by atoms with E-state index in [4.69, 9.17) is 0 Å². The first kappa shape index (κ1) is 18.9. The predicted molar refractivity (Wildman–Crippen MR) is 91.2 cm³/mol. The first-order chi connectivity index (χ1) is 10.1. The van der Waals surface area contributed by atoms with Crippen molar-refractivity contribution in [1.29, 1.82) is 0 Å². The van der Waals surface area contributed by atoms with Gasteiger partial charge in [-0.2, -0.15) is 0 Å². The monoisotopic (exact) mass is 327 g/mol. The average molecular weight is 327 g/mol. The van der Waals surface area contributed by atoms with Gasteiger partial charge in [-0.05, 0) is 26.2 Å². The van der Waals surface area contributed by atoms with Crippen molar-refractivity contribution in [2.24, 2.45) is 5.92 Å². The van der Waals surface area contributed by atoms with Crippen molar-refractivity contribution in [3.05, 3.63) is 16.1 Å². The van der Waals surface area contributed by atoms with Crippen LogP contribution < -0.4 is 10.6 Å². The lowest BCUT2D eigenvalue weighted by Crippen LogP contribution is -2.39. The molecule has 1 aromatic heterocycles. The SMILES string of the molecule is CC(O)CC(C)CNC(=O)NC(C)c1nc(C(C)(C)C)cs1. The van der Waals surface area contributed by atoms with E-state index in [0.717, 1.165) is 10.7 Å². The van der Waals surface area contributed by atoms with Crippen LogP contribution in [0.1, 0.15) is 64.7 Å². The standard InChI is InChI=1S/C16H29N3O2S/c1-10(7-11(2)20)8-17-15(21)18-12(3)14-19-13(9-22-14)16(4,5)6/h9-12,20H,7-8H2,1-6H3,(H2,17,18,21). The van der Waals surface area contributed by atoms with E-state index >= 15 is 0 Å². The summed E-state index contributed by atoms with van der Waals surface area (Å²) in [4.78, 5) is 16.5. The number of rotatable bonds is 6. The minimum Gasteiger partial charge on any atom is -0.393 e. The first-order valence-electron chi connectivity index (χ1n) is 7.78. The molecule has 5 nitrogen and oxygen atoms in total. The summed E-state index contributed by atoms with van der Waals surface area (Å²) in [5, 5.41) is 18.0. The van der Waals surface area contributed by atoms with Crippen molar-refractivity contribution in [2.75, 3.05) is 6.54 Å². The number of aliphatic hydroxyl groups is 1. The van der Waals surface area contributed by atoms with Crippen molar-refractivity contribution in [2.45, 2.75) is 65.5 Å². The molecule has 3 N–H and O–H groups in total. The molecule has 1 rings (SSSR count). The minimum absolute atomic E-state index is 0.0210. The Kier molecular flexibility index (Phi) is 6.81. The highest BCUT2D eigenvalue weighted by Crippen LogP contribution is 2.26. The highest BCUT2D eigenvalue weighted by atomic mass is 32.1. The Hall–Kier alpha value is -1.14. The van der Waals surface area contributed by atoms with E-state index in [2.05, 4.69) is 41.8 Å². The van der Waals surface area contributed by atoms with Crippen molar-refractivity contribution in [3.63, 3.8) is 0 Å². The number of aromatic nitrogens is 1. The summed E-state index contributed by atoms with van der Waals surface area (Å²) >= 11 is 1.57. The Balaban J connectivity index is 2.46. The van der Waals surface area contributed by atoms with Gasteiger partial charge in [-0.15, -0.1) is 11.3 Å². The van der Waals surface area contributed by atoms with Gasteiger partial charge in [-0.3, -0.25) is 0 Å². The highest BCUT2D eigenvalue weighted by Gasteiger charge is 2.20. The Labute approximate surface area is 137 Å². The van der Waals surface area contributed by atoms with E-state index in [-0.39, 0.29) is 29.5 Å². The lowest BCUT2D eigenvalue weighted by Gasteiger charge is -2.17. The zero-order chi connectivity index (χ0) is 16.9. The van der Waals surface area contributed by atoms with Gasteiger partial charge in [-0.1, -0.05) is 27.7 Å². The molecule has 0 radical (unpaired) electrons. The van der Waals surface area contributed by atoms with Gasteiger partial charge in [-0.25, -0.2) is 9.78 Å². The number of amides is 2. The van der Waals surface area contributed by atoms with Crippen LogP contribution in [0.2, 0.25) is 0 Å². The number of carbonyl (C=O) groups excluding carboxylic acids is 1. The molecule has 0 aromatic carbocycles. The number of aliphatic hydroxyl groups excluding tert-OH is 1. The molecule has 3 unspecified atom stereocenters. The first-order valence-corrected chi connectivity index (χ1v) is 8.66. The summed E-state index contributed by atoms with van der Waals surface area (Å²) in [7, 11) is 0. The molecule has 0 bridgehead atoms. The van der Waals surface area contributed by atoms with Crippen molar-refractivity contribution in [1.82, 2.24) is 15.6 Å². The molecule has 2 amide bonds. The zero-order valence-electron chi connectivity index (χ0n) is 14.4. The van der Waals surface area contributed by atoms with Gasteiger partial charge < -0.3 is 15.7 Å². The van der Waals surface area contributed by atoms with Gasteiger partial charge in [0.05, 0.1) is 17.8 Å². The Bertz CT molecular complexity index is 480. The van der Waals surface area contributed by atoms with Gasteiger partial charge in [0.1, 0.15) is 5.01 Å². The number of urea groups is 1. The number of hydrogen-bond donors (Lipinski definition) is 3. The van der Waals surface area contributed by atoms with Crippen molar-refractivity contribution < 1.29 is 9.90 Å². The van der Waals surface area contributed by atoms with Crippen LogP contribution in [-0.2, 0) is 5.41 Å². The Morgan fingerprint density at radius 2 is 2.00 bits per heavy atom. The smallest absolute Gasteiger partial charge is 0.315 e. The van der Waals surface area contributed by atoms with Crippen LogP contribution in [-0.4, -0.2) is 28.8 Å². The molecule has 22 heavy (non-hydrogen) atoms. The summed E-state index contributed by atoms with van der Waals surface area (Å²) < 4.78 is 0. The fourth-order valence-corrected chi connectivity index (χ4v) is 3.13. The van der Waals surface area contributed by atoms with Gasteiger partial charge in [0.25, 0.3) is 0 Å². The van der Waals surface area contributed by atoms with Gasteiger partial charge in [0.2, 0.25) is 0 Å². The van der Waals surface area contributed by atoms with E-state index in [1.54, 1.807) is 18.3 Å². The number of hydrogen-bond acceptors (Lipinski definition) is 4. The molecule has 6 heteroatoms. The molecule has 0 aliphatic carbocycles. The highest BCUT2D eigenvalue weighted by molar-refractivity contribution is 7.09. The van der Waals surface area contributed by atoms with E-state index in [1.165, 1.54) is 0 Å². The third-order valence-corrected chi connectivity index (χ3v) is 4.39. The second kappa shape index (κ2) is 7.92. The fourth-order valence-electron chi connectivity index (χ4n) is 2.07. The molecule has 0 aliphatic rings. The van der Waals surface area contributed by atoms with Crippen LogP contribution in [0.4, 0.5) is 4.79 Å². The zero-order valence-corrected chi connectivity index (χ0v) is 15.3. The van der Waals surface area contributed by atoms with Crippen molar-refractivity contribution >= 4 is 17.4 Å². The molecule has 0 saturated heterocycles. The molecular weight excluding hydrogens is 298 g/mol. The van der Waals surface area contributed by atoms with Crippen LogP contribution in [0.15, 0.2) is 5.38 Å². The minimum atomic E-state index is -0.343. The molecule has 0 saturated carbocycles. The summed E-state index contributed by atoms with van der Waals surface area (Å²) in [5.74, 6) is 0.244. The van der Waals surface area contributed by atoms with Gasteiger partial charge >= 0.3 is 6.03 Å². The topological polar surface area (TPSA) is 74.2 Å². The maximum absolute atomic E-state index is 11.9. The van der Waals surface area contributed by atoms with E-state index in [9.17, 15) is 9.90 Å². The number of nitrogens with zero attached hydrogens (tertiary/aromatic N) is 1. The van der Waals surface area contributed by atoms with Gasteiger partial charge in [0.15, 0.2) is 0 Å². The van der Waals surface area contributed by atoms with Crippen LogP contribution >= 0.6 is 11.3 Å². The molecule has 0 aliphatic heterocycles. The fraction of sp³-hybridized carbons (Fsp3) is 0.750. The second-order valence-corrected chi connectivity index (χ2v) is 7.98. The molecule has 126 valence electrons. The maximum Gasteiger partial charge on any atom is 0.315 e. The Morgan fingerprint density at radius 1 is 1.36 bits per heavy atom. The second-order valence-electron chi connectivity index (χ2n) is 7.09. The lowest BCUT2D eigenvalue weighted by molar-refractivity contribution is 0.163. The quantitative estimate of drug-likeness (QED) is 0.751. The summed E-state index contributed by atoms with van der Waals surface area (Å²) in [6.07, 6.45) is 0.335. The van der Waals surface area contributed by atoms with E-state index in [0.29, 0.717) is 13.0 Å². The maximum atomic E-state index is 11.9. The van der Waals surface area contributed by atoms with Crippen LogP contribution in [0.5, 0.6) is 0 Å². The van der Waals surface area contributed by atoms with E-state index < -0.39 is 0 Å². The number of carbonyl (C=O) groups is 1. The Morgan fingerprint density at radius 3 is 2.50 bits per heavy atom. The summed E-state index contributed by atoms with van der Waals surface area (Å²) in [5.41, 5.74) is 1.07. The normalized spacial score (nSPS) is 16.0. The average Bonchev–Trinajstić information content (AvgIpc) is 2.85. The third kappa shape index (κ3) is 6.32. The van der Waals surface area contributed by atoms with E-state index in [1.807, 2.05) is 13.8 Å². The molecule has 0 fully saturated rings. The van der Waals surface area contributed by atoms with Crippen LogP contribution in [0.25, 0.3) is 0 Å². The molecule has 0 spiro atoms.